The standard InChI is InChI=1S/C14H22ClN3/c1-3-13-8-14(18-10(2)17-13)16-9-11-5-4-6-12(15)7-11/h8,11-12H,3-7,9H2,1-2H3,(H,16,17,18). The van der Waals surface area contributed by atoms with Crippen molar-refractivity contribution in [3.63, 3.8) is 0 Å². The summed E-state index contributed by atoms with van der Waals surface area (Å²) >= 11 is 6.21. The number of anilines is 1. The average Bonchev–Trinajstić information content (AvgIpc) is 2.36. The van der Waals surface area contributed by atoms with Crippen LogP contribution in [0.2, 0.25) is 0 Å². The Labute approximate surface area is 114 Å². The van der Waals surface area contributed by atoms with Crippen LogP contribution in [0.4, 0.5) is 5.82 Å². The fourth-order valence-electron chi connectivity index (χ4n) is 2.56. The molecule has 1 heterocycles. The van der Waals surface area contributed by atoms with Crippen LogP contribution in [-0.4, -0.2) is 21.9 Å². The van der Waals surface area contributed by atoms with E-state index in [0.717, 1.165) is 36.7 Å². The first-order chi connectivity index (χ1) is 8.67. The zero-order chi connectivity index (χ0) is 13.0. The van der Waals surface area contributed by atoms with Gasteiger partial charge in [-0.15, -0.1) is 11.6 Å². The van der Waals surface area contributed by atoms with Gasteiger partial charge in [-0.1, -0.05) is 13.3 Å². The molecule has 0 bridgehead atoms. The minimum absolute atomic E-state index is 0.365. The van der Waals surface area contributed by atoms with Gasteiger partial charge in [0.2, 0.25) is 0 Å². The Morgan fingerprint density at radius 1 is 1.39 bits per heavy atom. The highest BCUT2D eigenvalue weighted by Crippen LogP contribution is 2.27. The summed E-state index contributed by atoms with van der Waals surface area (Å²) in [5.74, 6) is 2.48. The molecule has 18 heavy (non-hydrogen) atoms. The lowest BCUT2D eigenvalue weighted by atomic mass is 9.89. The van der Waals surface area contributed by atoms with E-state index in [1.165, 1.54) is 19.3 Å². The van der Waals surface area contributed by atoms with Gasteiger partial charge < -0.3 is 5.32 Å². The van der Waals surface area contributed by atoms with E-state index in [0.29, 0.717) is 11.3 Å². The summed E-state index contributed by atoms with van der Waals surface area (Å²) in [5, 5.41) is 3.81. The first-order valence-electron chi connectivity index (χ1n) is 6.90. The van der Waals surface area contributed by atoms with Crippen LogP contribution >= 0.6 is 11.6 Å². The van der Waals surface area contributed by atoms with Gasteiger partial charge in [0.1, 0.15) is 11.6 Å². The summed E-state index contributed by atoms with van der Waals surface area (Å²) in [7, 11) is 0. The SMILES string of the molecule is CCc1cc(NCC2CCCC(Cl)C2)nc(C)n1. The molecule has 2 unspecified atom stereocenters. The third-order valence-electron chi connectivity index (χ3n) is 3.54. The van der Waals surface area contributed by atoms with Gasteiger partial charge in [0.25, 0.3) is 0 Å². The summed E-state index contributed by atoms with van der Waals surface area (Å²) in [6.07, 6.45) is 5.78. The molecule has 0 aromatic carbocycles. The molecule has 1 aromatic rings. The summed E-state index contributed by atoms with van der Waals surface area (Å²) in [5.41, 5.74) is 1.10. The van der Waals surface area contributed by atoms with Gasteiger partial charge in [-0.25, -0.2) is 9.97 Å². The molecule has 0 saturated heterocycles. The molecule has 0 aliphatic heterocycles. The number of aryl methyl sites for hydroxylation is 2. The van der Waals surface area contributed by atoms with Crippen molar-refractivity contribution in [1.29, 1.82) is 0 Å². The van der Waals surface area contributed by atoms with Gasteiger partial charge in [-0.05, 0) is 38.5 Å². The molecule has 1 aliphatic carbocycles. The van der Waals surface area contributed by atoms with Crippen LogP contribution in [-0.2, 0) is 6.42 Å². The van der Waals surface area contributed by atoms with Gasteiger partial charge in [-0.2, -0.15) is 0 Å². The first kappa shape index (κ1) is 13.6. The maximum Gasteiger partial charge on any atom is 0.129 e. The lowest BCUT2D eigenvalue weighted by molar-refractivity contribution is 0.378. The second-order valence-electron chi connectivity index (χ2n) is 5.16. The molecule has 2 rings (SSSR count). The van der Waals surface area contributed by atoms with E-state index in [9.17, 15) is 0 Å². The minimum atomic E-state index is 0.365. The lowest BCUT2D eigenvalue weighted by Gasteiger charge is -2.25. The molecule has 1 aromatic heterocycles. The number of aromatic nitrogens is 2. The predicted molar refractivity (Wildman–Crippen MR) is 76.2 cm³/mol. The van der Waals surface area contributed by atoms with E-state index in [2.05, 4.69) is 22.2 Å². The second-order valence-corrected chi connectivity index (χ2v) is 5.77. The number of hydrogen-bond donors (Lipinski definition) is 1. The molecule has 1 fully saturated rings. The van der Waals surface area contributed by atoms with Crippen molar-refractivity contribution >= 4 is 17.4 Å². The minimum Gasteiger partial charge on any atom is -0.370 e. The van der Waals surface area contributed by atoms with Crippen LogP contribution in [0.5, 0.6) is 0 Å². The number of nitrogens with one attached hydrogen (secondary N) is 1. The van der Waals surface area contributed by atoms with Crippen molar-refractivity contribution in [3.05, 3.63) is 17.6 Å². The van der Waals surface area contributed by atoms with E-state index in [1.54, 1.807) is 0 Å². The van der Waals surface area contributed by atoms with Crippen molar-refractivity contribution < 1.29 is 0 Å². The highest BCUT2D eigenvalue weighted by atomic mass is 35.5. The molecule has 1 saturated carbocycles. The predicted octanol–water partition coefficient (Wildman–Crippen LogP) is 3.56. The highest BCUT2D eigenvalue weighted by Gasteiger charge is 2.20. The zero-order valence-electron chi connectivity index (χ0n) is 11.2. The quantitative estimate of drug-likeness (QED) is 0.848. The van der Waals surface area contributed by atoms with Crippen molar-refractivity contribution in [3.8, 4) is 0 Å². The molecule has 4 heteroatoms. The van der Waals surface area contributed by atoms with Crippen molar-refractivity contribution in [1.82, 2.24) is 9.97 Å². The van der Waals surface area contributed by atoms with Crippen LogP contribution in [0, 0.1) is 12.8 Å². The summed E-state index contributed by atoms with van der Waals surface area (Å²) < 4.78 is 0. The highest BCUT2D eigenvalue weighted by molar-refractivity contribution is 6.20. The zero-order valence-corrected chi connectivity index (χ0v) is 12.0. The van der Waals surface area contributed by atoms with E-state index in [-0.39, 0.29) is 0 Å². The molecule has 1 aliphatic rings. The molecular weight excluding hydrogens is 246 g/mol. The Morgan fingerprint density at radius 3 is 2.94 bits per heavy atom. The Hall–Kier alpha value is -0.830. The van der Waals surface area contributed by atoms with Crippen LogP contribution in [0.1, 0.15) is 44.1 Å². The Morgan fingerprint density at radius 2 is 2.22 bits per heavy atom. The van der Waals surface area contributed by atoms with Gasteiger partial charge in [-0.3, -0.25) is 0 Å². The monoisotopic (exact) mass is 267 g/mol. The molecule has 100 valence electrons. The van der Waals surface area contributed by atoms with E-state index in [1.807, 2.05) is 13.0 Å². The normalized spacial score (nSPS) is 23.9. The van der Waals surface area contributed by atoms with Crippen molar-refractivity contribution in [2.45, 2.75) is 51.3 Å². The third-order valence-corrected chi connectivity index (χ3v) is 3.94. The summed E-state index contributed by atoms with van der Waals surface area (Å²) in [4.78, 5) is 8.82. The molecular formula is C14H22ClN3. The summed E-state index contributed by atoms with van der Waals surface area (Å²) in [6, 6.07) is 2.05. The molecule has 1 N–H and O–H groups in total. The maximum atomic E-state index is 6.21. The van der Waals surface area contributed by atoms with Crippen LogP contribution in [0.15, 0.2) is 6.07 Å². The topological polar surface area (TPSA) is 37.8 Å². The van der Waals surface area contributed by atoms with Crippen molar-refractivity contribution in [2.75, 3.05) is 11.9 Å². The fourth-order valence-corrected chi connectivity index (χ4v) is 2.97. The number of hydrogen-bond acceptors (Lipinski definition) is 3. The number of nitrogens with zero attached hydrogens (tertiary/aromatic N) is 2. The second kappa shape index (κ2) is 6.37. The Bertz CT molecular complexity index is 395. The van der Waals surface area contributed by atoms with Gasteiger partial charge in [0.15, 0.2) is 0 Å². The van der Waals surface area contributed by atoms with Gasteiger partial charge in [0, 0.05) is 23.7 Å². The molecule has 3 nitrogen and oxygen atoms in total. The Balaban J connectivity index is 1.91. The molecule has 0 radical (unpaired) electrons. The summed E-state index contributed by atoms with van der Waals surface area (Å²) in [6.45, 7) is 5.04. The molecule has 2 atom stereocenters. The largest absolute Gasteiger partial charge is 0.370 e. The third kappa shape index (κ3) is 3.84. The van der Waals surface area contributed by atoms with Crippen LogP contribution < -0.4 is 5.32 Å². The first-order valence-corrected chi connectivity index (χ1v) is 7.33. The Kier molecular flexibility index (Phi) is 4.81. The fraction of sp³-hybridized carbons (Fsp3) is 0.714. The van der Waals surface area contributed by atoms with Crippen LogP contribution in [0.3, 0.4) is 0 Å². The van der Waals surface area contributed by atoms with E-state index >= 15 is 0 Å². The number of rotatable bonds is 4. The smallest absolute Gasteiger partial charge is 0.129 e. The number of alkyl halides is 1. The van der Waals surface area contributed by atoms with Gasteiger partial charge >= 0.3 is 0 Å². The van der Waals surface area contributed by atoms with Crippen LogP contribution in [0.25, 0.3) is 0 Å². The van der Waals surface area contributed by atoms with Crippen molar-refractivity contribution in [2.24, 2.45) is 5.92 Å². The van der Waals surface area contributed by atoms with E-state index in [4.69, 9.17) is 11.6 Å². The maximum absolute atomic E-state index is 6.21. The average molecular weight is 268 g/mol. The van der Waals surface area contributed by atoms with Gasteiger partial charge in [0.05, 0.1) is 0 Å². The number of halogens is 1. The van der Waals surface area contributed by atoms with E-state index < -0.39 is 0 Å². The molecule has 0 amide bonds. The lowest BCUT2D eigenvalue weighted by Crippen LogP contribution is -2.23. The molecule has 0 spiro atoms.